The van der Waals surface area contributed by atoms with Crippen LogP contribution in [0.1, 0.15) is 13.3 Å². The third kappa shape index (κ3) is 2.40. The number of likely N-dealkylation sites (tertiary alicyclic amines) is 1. The molecular formula is C8H16FNO2. The van der Waals surface area contributed by atoms with Gasteiger partial charge >= 0.3 is 0 Å². The number of β-amino-alcohol motifs (C(OH)–C–C–N with tert-alkyl or cyclic N) is 1. The number of rotatable bonds is 3. The number of alkyl halides is 1. The third-order valence-corrected chi connectivity index (χ3v) is 2.19. The summed E-state index contributed by atoms with van der Waals surface area (Å²) in [7, 11) is 0. The van der Waals surface area contributed by atoms with E-state index in [-0.39, 0.29) is 12.6 Å². The number of halogens is 1. The van der Waals surface area contributed by atoms with Gasteiger partial charge in [0.1, 0.15) is 6.17 Å². The van der Waals surface area contributed by atoms with Crippen LogP contribution in [-0.4, -0.2) is 53.1 Å². The van der Waals surface area contributed by atoms with Crippen LogP contribution in [0, 0.1) is 0 Å². The topological polar surface area (TPSA) is 43.7 Å². The molecular weight excluding hydrogens is 161 g/mol. The van der Waals surface area contributed by atoms with E-state index in [0.29, 0.717) is 19.5 Å². The number of hydrogen-bond acceptors (Lipinski definition) is 3. The summed E-state index contributed by atoms with van der Waals surface area (Å²) in [5.74, 6) is 0. The largest absolute Gasteiger partial charge is 0.395 e. The summed E-state index contributed by atoms with van der Waals surface area (Å²) in [6.45, 7) is 2.44. The van der Waals surface area contributed by atoms with Crippen molar-refractivity contribution in [1.29, 1.82) is 0 Å². The van der Waals surface area contributed by atoms with E-state index in [1.54, 1.807) is 11.8 Å². The summed E-state index contributed by atoms with van der Waals surface area (Å²) in [5.41, 5.74) is 0. The number of aliphatic hydroxyl groups excluding tert-OH is 2. The van der Waals surface area contributed by atoms with E-state index in [9.17, 15) is 4.39 Å². The zero-order chi connectivity index (χ0) is 9.14. The van der Waals surface area contributed by atoms with Crippen molar-refractivity contribution < 1.29 is 14.6 Å². The highest BCUT2D eigenvalue weighted by atomic mass is 19.1. The second kappa shape index (κ2) is 4.16. The van der Waals surface area contributed by atoms with Crippen molar-refractivity contribution in [2.45, 2.75) is 31.7 Å². The van der Waals surface area contributed by atoms with Crippen molar-refractivity contribution in [3.05, 3.63) is 0 Å². The van der Waals surface area contributed by atoms with E-state index in [2.05, 4.69) is 0 Å². The second-order valence-electron chi connectivity index (χ2n) is 3.47. The average molecular weight is 177 g/mol. The number of hydrogen-bond donors (Lipinski definition) is 2. The molecule has 72 valence electrons. The first-order chi connectivity index (χ1) is 5.63. The van der Waals surface area contributed by atoms with Gasteiger partial charge in [0.05, 0.1) is 12.7 Å². The van der Waals surface area contributed by atoms with E-state index in [1.807, 2.05) is 0 Å². The van der Waals surface area contributed by atoms with Crippen LogP contribution >= 0.6 is 0 Å². The quantitative estimate of drug-likeness (QED) is 0.626. The average Bonchev–Trinajstić information content (AvgIpc) is 2.29. The van der Waals surface area contributed by atoms with Crippen LogP contribution in [-0.2, 0) is 0 Å². The molecule has 0 aliphatic carbocycles. The standard InChI is InChI=1S/C8H16FNO2/c1-6(12)3-10-4-7(9)2-8(10)5-11/h6-8,11-12H,2-5H2,1H3. The van der Waals surface area contributed by atoms with Crippen LogP contribution in [0.5, 0.6) is 0 Å². The minimum absolute atomic E-state index is 0.0207. The molecule has 0 aromatic rings. The Bertz CT molecular complexity index is 143. The van der Waals surface area contributed by atoms with Gasteiger partial charge in [-0.05, 0) is 13.3 Å². The Morgan fingerprint density at radius 3 is 2.83 bits per heavy atom. The predicted molar refractivity (Wildman–Crippen MR) is 43.6 cm³/mol. The van der Waals surface area contributed by atoms with Crippen molar-refractivity contribution >= 4 is 0 Å². The van der Waals surface area contributed by atoms with Gasteiger partial charge in [0.25, 0.3) is 0 Å². The van der Waals surface area contributed by atoms with E-state index >= 15 is 0 Å². The first-order valence-electron chi connectivity index (χ1n) is 4.30. The first-order valence-corrected chi connectivity index (χ1v) is 4.30. The Balaban J connectivity index is 2.40. The van der Waals surface area contributed by atoms with Crippen LogP contribution in [0.4, 0.5) is 4.39 Å². The van der Waals surface area contributed by atoms with Gasteiger partial charge in [-0.25, -0.2) is 4.39 Å². The molecule has 2 N–H and O–H groups in total. The van der Waals surface area contributed by atoms with Gasteiger partial charge in [-0.1, -0.05) is 0 Å². The lowest BCUT2D eigenvalue weighted by atomic mass is 10.2. The normalized spacial score (nSPS) is 34.0. The van der Waals surface area contributed by atoms with Gasteiger partial charge in [0, 0.05) is 19.1 Å². The Labute approximate surface area is 71.8 Å². The molecule has 1 rings (SSSR count). The lowest BCUT2D eigenvalue weighted by Gasteiger charge is -2.23. The zero-order valence-corrected chi connectivity index (χ0v) is 7.28. The van der Waals surface area contributed by atoms with Gasteiger partial charge < -0.3 is 10.2 Å². The Morgan fingerprint density at radius 2 is 2.33 bits per heavy atom. The van der Waals surface area contributed by atoms with Crippen LogP contribution in [0.15, 0.2) is 0 Å². The second-order valence-corrected chi connectivity index (χ2v) is 3.47. The summed E-state index contributed by atoms with van der Waals surface area (Å²) in [5, 5.41) is 17.9. The van der Waals surface area contributed by atoms with E-state index in [1.165, 1.54) is 0 Å². The minimum atomic E-state index is -0.846. The maximum absolute atomic E-state index is 12.8. The maximum Gasteiger partial charge on any atom is 0.114 e. The maximum atomic E-state index is 12.8. The number of nitrogens with zero attached hydrogens (tertiary/aromatic N) is 1. The van der Waals surface area contributed by atoms with Gasteiger partial charge in [-0.2, -0.15) is 0 Å². The van der Waals surface area contributed by atoms with Crippen molar-refractivity contribution in [2.24, 2.45) is 0 Å². The lowest BCUT2D eigenvalue weighted by Crippen LogP contribution is -2.37. The van der Waals surface area contributed by atoms with Gasteiger partial charge in [-0.3, -0.25) is 4.90 Å². The molecule has 3 nitrogen and oxygen atoms in total. The van der Waals surface area contributed by atoms with Gasteiger partial charge in [0.2, 0.25) is 0 Å². The Kier molecular flexibility index (Phi) is 3.43. The molecule has 4 heteroatoms. The molecule has 1 saturated heterocycles. The molecule has 0 amide bonds. The van der Waals surface area contributed by atoms with Crippen molar-refractivity contribution in [1.82, 2.24) is 4.90 Å². The van der Waals surface area contributed by atoms with Gasteiger partial charge in [0.15, 0.2) is 0 Å². The summed E-state index contributed by atoms with van der Waals surface area (Å²) in [6, 6.07) is -0.102. The fourth-order valence-electron chi connectivity index (χ4n) is 1.68. The third-order valence-electron chi connectivity index (χ3n) is 2.19. The van der Waals surface area contributed by atoms with Crippen LogP contribution in [0.3, 0.4) is 0 Å². The first kappa shape index (κ1) is 9.89. The molecule has 0 radical (unpaired) electrons. The van der Waals surface area contributed by atoms with Crippen molar-refractivity contribution in [3.8, 4) is 0 Å². The molecule has 1 aliphatic rings. The highest BCUT2D eigenvalue weighted by Gasteiger charge is 2.31. The van der Waals surface area contributed by atoms with Crippen LogP contribution < -0.4 is 0 Å². The molecule has 12 heavy (non-hydrogen) atoms. The fraction of sp³-hybridized carbons (Fsp3) is 1.00. The Morgan fingerprint density at radius 1 is 1.67 bits per heavy atom. The van der Waals surface area contributed by atoms with E-state index < -0.39 is 12.3 Å². The number of aliphatic hydroxyl groups is 2. The van der Waals surface area contributed by atoms with Crippen molar-refractivity contribution in [2.75, 3.05) is 19.7 Å². The molecule has 1 fully saturated rings. The van der Waals surface area contributed by atoms with Crippen LogP contribution in [0.25, 0.3) is 0 Å². The molecule has 0 spiro atoms. The van der Waals surface area contributed by atoms with E-state index in [0.717, 1.165) is 0 Å². The molecule has 3 atom stereocenters. The summed E-state index contributed by atoms with van der Waals surface area (Å²) in [4.78, 5) is 1.80. The molecule has 0 saturated carbocycles. The molecule has 3 unspecified atom stereocenters. The highest BCUT2D eigenvalue weighted by Crippen LogP contribution is 2.19. The SMILES string of the molecule is CC(O)CN1CC(F)CC1CO. The molecule has 0 aromatic carbocycles. The monoisotopic (exact) mass is 177 g/mol. The predicted octanol–water partition coefficient (Wildman–Crippen LogP) is -0.228. The molecule has 0 aromatic heterocycles. The molecule has 1 heterocycles. The summed E-state index contributed by atoms with van der Waals surface area (Å²) in [6.07, 6.45) is -0.909. The van der Waals surface area contributed by atoms with E-state index in [4.69, 9.17) is 10.2 Å². The fourth-order valence-corrected chi connectivity index (χ4v) is 1.68. The molecule has 0 bridgehead atoms. The van der Waals surface area contributed by atoms with Crippen LogP contribution in [0.2, 0.25) is 0 Å². The lowest BCUT2D eigenvalue weighted by molar-refractivity contribution is 0.0937. The zero-order valence-electron chi connectivity index (χ0n) is 7.28. The Hall–Kier alpha value is -0.190. The van der Waals surface area contributed by atoms with Gasteiger partial charge in [-0.15, -0.1) is 0 Å². The minimum Gasteiger partial charge on any atom is -0.395 e. The smallest absolute Gasteiger partial charge is 0.114 e. The summed E-state index contributed by atoms with van der Waals surface area (Å²) >= 11 is 0. The van der Waals surface area contributed by atoms with Crippen molar-refractivity contribution in [3.63, 3.8) is 0 Å². The summed E-state index contributed by atoms with van der Waals surface area (Å²) < 4.78 is 12.8. The highest BCUT2D eigenvalue weighted by molar-refractivity contribution is 4.85. The molecule has 1 aliphatic heterocycles.